The highest BCUT2D eigenvalue weighted by molar-refractivity contribution is 7.68. The van der Waals surface area contributed by atoms with E-state index in [0.29, 0.717) is 30.9 Å². The second kappa shape index (κ2) is 8.62. The first kappa shape index (κ1) is 23.5. The Hall–Kier alpha value is -2.86. The molecule has 4 heterocycles. The summed E-state index contributed by atoms with van der Waals surface area (Å²) < 4.78 is 26.3. The molecule has 6 rings (SSSR count). The molecule has 0 aliphatic carbocycles. The number of morpholine rings is 1. The Labute approximate surface area is 212 Å². The van der Waals surface area contributed by atoms with Gasteiger partial charge >= 0.3 is 0 Å². The number of nitrogens with zero attached hydrogens (tertiary/aromatic N) is 4. The van der Waals surface area contributed by atoms with E-state index in [9.17, 15) is 0 Å². The van der Waals surface area contributed by atoms with Crippen molar-refractivity contribution in [2.24, 2.45) is 9.74 Å². The summed E-state index contributed by atoms with van der Waals surface area (Å²) in [5.74, 6) is 1.09. The number of aliphatic imine (C=N–C) groups is 1. The van der Waals surface area contributed by atoms with Gasteiger partial charge in [-0.05, 0) is 55.8 Å². The molecular formula is C28H33N4O3P. The molecule has 0 N–H and O–H groups in total. The van der Waals surface area contributed by atoms with Crippen LogP contribution in [0, 0.1) is 6.92 Å². The highest BCUT2D eigenvalue weighted by Gasteiger charge is 2.46. The second-order valence-corrected chi connectivity index (χ2v) is 12.9. The average molecular weight is 505 g/mol. The van der Waals surface area contributed by atoms with Crippen molar-refractivity contribution in [1.29, 1.82) is 0 Å². The second-order valence-electron chi connectivity index (χ2n) is 10.4. The minimum Gasteiger partial charge on any atom is -0.459 e. The van der Waals surface area contributed by atoms with E-state index in [4.69, 9.17) is 23.4 Å². The predicted octanol–water partition coefficient (Wildman–Crippen LogP) is 6.13. The van der Waals surface area contributed by atoms with Gasteiger partial charge in [-0.25, -0.2) is 14.4 Å². The van der Waals surface area contributed by atoms with E-state index in [2.05, 4.69) is 80.7 Å². The molecule has 8 heteroatoms. The standard InChI is InChI=1S/C28H33N4O3P/c1-19-8-10-21(11-9-19)30-36(32-12-15-33-16-13-32)26-17-22-24(31(5)20(2)28(22,3)4)18-23(26)29-27(35-36)25-7-6-14-34-25/h6-11,14,17-18,20H,12-13,15-16H2,1-5H3/t20-,36+/m1/s1. The molecule has 0 amide bonds. The number of aryl methyl sites for hydroxylation is 1. The fourth-order valence-electron chi connectivity index (χ4n) is 5.35. The number of hydrogen-bond donors (Lipinski definition) is 0. The van der Waals surface area contributed by atoms with Crippen LogP contribution in [0.3, 0.4) is 0 Å². The predicted molar refractivity (Wildman–Crippen MR) is 146 cm³/mol. The lowest BCUT2D eigenvalue weighted by Gasteiger charge is -2.40. The Morgan fingerprint density at radius 2 is 1.83 bits per heavy atom. The first-order valence-electron chi connectivity index (χ1n) is 12.6. The van der Waals surface area contributed by atoms with Crippen LogP contribution in [-0.2, 0) is 14.7 Å². The quantitative estimate of drug-likeness (QED) is 0.402. The largest absolute Gasteiger partial charge is 0.459 e. The molecule has 3 aliphatic rings. The fraction of sp³-hybridized carbons (Fsp3) is 0.393. The SMILES string of the molecule is Cc1ccc(N=[P@@]2(N3CCOCC3)OC(c3ccco3)=Nc3cc4c(cc32)C(C)(C)[C@@H](C)N4C)cc1. The van der Waals surface area contributed by atoms with E-state index in [1.165, 1.54) is 16.8 Å². The van der Waals surface area contributed by atoms with Gasteiger partial charge < -0.3 is 18.6 Å². The first-order valence-corrected chi connectivity index (χ1v) is 14.2. The van der Waals surface area contributed by atoms with Crippen LogP contribution in [0.2, 0.25) is 0 Å². The number of fused-ring (bicyclic) bond motifs is 2. The maximum Gasteiger partial charge on any atom is 0.263 e. The van der Waals surface area contributed by atoms with Gasteiger partial charge in [0.25, 0.3) is 5.90 Å². The van der Waals surface area contributed by atoms with Crippen LogP contribution in [0.4, 0.5) is 17.1 Å². The molecule has 7 nitrogen and oxygen atoms in total. The third kappa shape index (κ3) is 3.64. The van der Waals surface area contributed by atoms with Gasteiger partial charge in [0, 0.05) is 37.3 Å². The van der Waals surface area contributed by atoms with Crippen molar-refractivity contribution in [2.75, 3.05) is 38.3 Å². The third-order valence-corrected chi connectivity index (χ3v) is 11.0. The molecule has 0 unspecified atom stereocenters. The van der Waals surface area contributed by atoms with E-state index in [1.807, 2.05) is 12.1 Å². The van der Waals surface area contributed by atoms with Crippen molar-refractivity contribution >= 4 is 35.7 Å². The summed E-state index contributed by atoms with van der Waals surface area (Å²) in [6.45, 7) is 11.8. The minimum absolute atomic E-state index is 0.0192. The monoisotopic (exact) mass is 504 g/mol. The molecule has 36 heavy (non-hydrogen) atoms. The van der Waals surface area contributed by atoms with E-state index >= 15 is 0 Å². The van der Waals surface area contributed by atoms with Crippen LogP contribution in [0.25, 0.3) is 0 Å². The summed E-state index contributed by atoms with van der Waals surface area (Å²) in [6.07, 6.45) is 1.66. The summed E-state index contributed by atoms with van der Waals surface area (Å²) in [4.78, 5) is 7.36. The molecule has 0 spiro atoms. The van der Waals surface area contributed by atoms with Crippen LogP contribution in [0.5, 0.6) is 0 Å². The Morgan fingerprint density at radius 3 is 2.53 bits per heavy atom. The van der Waals surface area contributed by atoms with Crippen molar-refractivity contribution in [3.05, 3.63) is 71.7 Å². The van der Waals surface area contributed by atoms with Gasteiger partial charge in [-0.3, -0.25) is 0 Å². The normalized spacial score (nSPS) is 25.1. The molecule has 2 aromatic carbocycles. The number of benzene rings is 2. The summed E-state index contributed by atoms with van der Waals surface area (Å²) in [6, 6.07) is 17.0. The van der Waals surface area contributed by atoms with Crippen molar-refractivity contribution in [3.63, 3.8) is 0 Å². The number of ether oxygens (including phenoxy) is 1. The average Bonchev–Trinajstić information content (AvgIpc) is 3.48. The highest BCUT2D eigenvalue weighted by Crippen LogP contribution is 2.61. The van der Waals surface area contributed by atoms with Crippen LogP contribution >= 0.6 is 7.43 Å². The first-order chi connectivity index (χ1) is 17.3. The molecule has 1 aromatic heterocycles. The van der Waals surface area contributed by atoms with Crippen LogP contribution in [-0.4, -0.2) is 50.0 Å². The Bertz CT molecular complexity index is 1370. The minimum atomic E-state index is -2.75. The van der Waals surface area contributed by atoms with Crippen LogP contribution < -0.4 is 10.2 Å². The Kier molecular flexibility index (Phi) is 5.63. The Balaban J connectivity index is 1.66. The summed E-state index contributed by atoms with van der Waals surface area (Å²) in [5.41, 5.74) is 5.51. The summed E-state index contributed by atoms with van der Waals surface area (Å²) in [7, 11) is -0.580. The molecule has 3 aromatic rings. The number of likely N-dealkylation sites (N-methyl/N-ethyl adjacent to an activating group) is 1. The van der Waals surface area contributed by atoms with Crippen LogP contribution in [0.15, 0.2) is 68.9 Å². The zero-order chi connectivity index (χ0) is 25.1. The zero-order valence-electron chi connectivity index (χ0n) is 21.6. The zero-order valence-corrected chi connectivity index (χ0v) is 22.5. The number of rotatable bonds is 3. The van der Waals surface area contributed by atoms with Gasteiger partial charge in [0.2, 0.25) is 7.43 Å². The highest BCUT2D eigenvalue weighted by atomic mass is 31.2. The van der Waals surface area contributed by atoms with Gasteiger partial charge in [-0.2, -0.15) is 0 Å². The van der Waals surface area contributed by atoms with Gasteiger partial charge in [-0.1, -0.05) is 31.5 Å². The van der Waals surface area contributed by atoms with Crippen LogP contribution in [0.1, 0.15) is 37.7 Å². The molecule has 0 saturated carbocycles. The molecular weight excluding hydrogens is 471 g/mol. The lowest BCUT2D eigenvalue weighted by molar-refractivity contribution is 0.0716. The fourth-order valence-corrected chi connectivity index (χ4v) is 8.38. The molecule has 0 radical (unpaired) electrons. The van der Waals surface area contributed by atoms with E-state index in [1.54, 1.807) is 6.26 Å². The summed E-state index contributed by atoms with van der Waals surface area (Å²) >= 11 is 0. The molecule has 188 valence electrons. The molecule has 2 atom stereocenters. The van der Waals surface area contributed by atoms with E-state index in [0.717, 1.165) is 29.8 Å². The number of hydrogen-bond acceptors (Lipinski definition) is 6. The third-order valence-electron chi connectivity index (χ3n) is 7.93. The maximum absolute atomic E-state index is 6.96. The smallest absolute Gasteiger partial charge is 0.263 e. The number of furan rings is 1. The van der Waals surface area contributed by atoms with Crippen molar-refractivity contribution in [3.8, 4) is 0 Å². The molecule has 1 fully saturated rings. The van der Waals surface area contributed by atoms with Crippen molar-refractivity contribution in [1.82, 2.24) is 4.67 Å². The topological polar surface area (TPSA) is 62.8 Å². The lowest BCUT2D eigenvalue weighted by Crippen LogP contribution is -2.39. The summed E-state index contributed by atoms with van der Waals surface area (Å²) in [5, 5.41) is 1.06. The molecule has 0 bridgehead atoms. The van der Waals surface area contributed by atoms with Gasteiger partial charge in [-0.15, -0.1) is 0 Å². The Morgan fingerprint density at radius 1 is 1.08 bits per heavy atom. The maximum atomic E-state index is 6.96. The van der Waals surface area contributed by atoms with Gasteiger partial charge in [0.05, 0.1) is 36.2 Å². The van der Waals surface area contributed by atoms with Gasteiger partial charge in [0.15, 0.2) is 5.76 Å². The molecule has 1 saturated heterocycles. The lowest BCUT2D eigenvalue weighted by atomic mass is 9.81. The van der Waals surface area contributed by atoms with Crippen molar-refractivity contribution < 1.29 is 13.7 Å². The van der Waals surface area contributed by atoms with E-state index < -0.39 is 7.43 Å². The molecule has 3 aliphatic heterocycles. The van der Waals surface area contributed by atoms with Gasteiger partial charge in [0.1, 0.15) is 0 Å². The number of anilines is 1. The van der Waals surface area contributed by atoms with E-state index in [-0.39, 0.29) is 5.41 Å². The van der Waals surface area contributed by atoms with Crippen molar-refractivity contribution in [2.45, 2.75) is 39.2 Å².